The van der Waals surface area contributed by atoms with Crippen LogP contribution >= 0.6 is 11.8 Å². The summed E-state index contributed by atoms with van der Waals surface area (Å²) in [6, 6.07) is 5.42. The molecule has 0 aromatic heterocycles. The molecule has 0 saturated heterocycles. The van der Waals surface area contributed by atoms with Gasteiger partial charge in [0.25, 0.3) is 0 Å². The second kappa shape index (κ2) is 6.17. The van der Waals surface area contributed by atoms with Gasteiger partial charge in [0.2, 0.25) is 0 Å². The van der Waals surface area contributed by atoms with Gasteiger partial charge in [0.05, 0.1) is 7.11 Å². The average Bonchev–Trinajstić information content (AvgIpc) is 2.31. The quantitative estimate of drug-likeness (QED) is 0.820. The molecule has 0 radical (unpaired) electrons. The molecule has 0 saturated carbocycles. The first-order valence-corrected chi connectivity index (χ1v) is 6.83. The fraction of sp³-hybridized carbons (Fsp3) is 0.538. The fourth-order valence-corrected chi connectivity index (χ4v) is 1.66. The first kappa shape index (κ1) is 14.2. The molecule has 0 aliphatic heterocycles. The van der Waals surface area contributed by atoms with Crippen LogP contribution in [0, 0.1) is 0 Å². The van der Waals surface area contributed by atoms with E-state index >= 15 is 0 Å². The number of methoxy groups -OCH3 is 1. The minimum Gasteiger partial charge on any atom is -0.504 e. The summed E-state index contributed by atoms with van der Waals surface area (Å²) in [6.45, 7) is 6.14. The van der Waals surface area contributed by atoms with Gasteiger partial charge in [-0.05, 0) is 37.8 Å². The average molecular weight is 255 g/mol. The number of nitrogens with one attached hydrogen (secondary N) is 1. The van der Waals surface area contributed by atoms with E-state index in [1.165, 1.54) is 0 Å². The summed E-state index contributed by atoms with van der Waals surface area (Å²) in [5, 5.41) is 12.9. The lowest BCUT2D eigenvalue weighted by Crippen LogP contribution is -2.31. The Hall–Kier alpha value is -0.870. The Balaban J connectivity index is 2.53. The van der Waals surface area contributed by atoms with Crippen molar-refractivity contribution in [3.63, 3.8) is 0 Å². The normalized spacial score (nSPS) is 11.5. The second-order valence-corrected chi connectivity index (χ2v) is 6.09. The van der Waals surface area contributed by atoms with Crippen molar-refractivity contribution in [1.29, 1.82) is 0 Å². The van der Waals surface area contributed by atoms with Crippen LogP contribution in [0.5, 0.6) is 11.5 Å². The zero-order chi connectivity index (χ0) is 12.9. The molecule has 0 bridgehead atoms. The lowest BCUT2D eigenvalue weighted by atomic mass is 10.1. The van der Waals surface area contributed by atoms with E-state index in [-0.39, 0.29) is 10.5 Å². The summed E-state index contributed by atoms with van der Waals surface area (Å²) < 4.78 is 5.31. The minimum absolute atomic E-state index is 0.181. The molecule has 0 unspecified atom stereocenters. The Morgan fingerprint density at radius 3 is 2.71 bits per heavy atom. The maximum absolute atomic E-state index is 9.48. The van der Waals surface area contributed by atoms with Crippen LogP contribution in [-0.2, 0) is 6.54 Å². The highest BCUT2D eigenvalue weighted by Gasteiger charge is 2.14. The number of benzene rings is 1. The molecule has 3 nitrogen and oxygen atoms in total. The van der Waals surface area contributed by atoms with E-state index in [9.17, 15) is 5.11 Å². The largest absolute Gasteiger partial charge is 0.504 e. The van der Waals surface area contributed by atoms with Crippen LogP contribution in [0.25, 0.3) is 0 Å². The van der Waals surface area contributed by atoms with E-state index in [1.54, 1.807) is 13.2 Å². The van der Waals surface area contributed by atoms with E-state index in [4.69, 9.17) is 4.74 Å². The predicted molar refractivity (Wildman–Crippen MR) is 74.0 cm³/mol. The maximum atomic E-state index is 9.48. The van der Waals surface area contributed by atoms with Crippen molar-refractivity contribution in [1.82, 2.24) is 5.32 Å². The summed E-state index contributed by atoms with van der Waals surface area (Å²) >= 11 is 1.85. The van der Waals surface area contributed by atoms with E-state index in [1.807, 2.05) is 23.9 Å². The molecule has 0 amide bonds. The van der Waals surface area contributed by atoms with Gasteiger partial charge in [0.15, 0.2) is 11.5 Å². The highest BCUT2D eigenvalue weighted by molar-refractivity contribution is 7.99. The number of hydrogen-bond acceptors (Lipinski definition) is 4. The molecule has 0 heterocycles. The molecule has 96 valence electrons. The van der Waals surface area contributed by atoms with E-state index in [0.29, 0.717) is 5.75 Å². The van der Waals surface area contributed by atoms with E-state index < -0.39 is 0 Å². The molecule has 1 aromatic rings. The van der Waals surface area contributed by atoms with Gasteiger partial charge >= 0.3 is 0 Å². The van der Waals surface area contributed by atoms with Crippen molar-refractivity contribution in [2.75, 3.05) is 19.9 Å². The molecule has 4 heteroatoms. The Labute approximate surface area is 108 Å². The van der Waals surface area contributed by atoms with Gasteiger partial charge in [-0.25, -0.2) is 0 Å². The summed E-state index contributed by atoms with van der Waals surface area (Å²) in [7, 11) is 1.56. The third-order valence-corrected chi connectivity index (χ3v) is 3.93. The Bertz CT molecular complexity index is 366. The Morgan fingerprint density at radius 1 is 1.41 bits per heavy atom. The molecule has 0 spiro atoms. The number of phenols is 1. The zero-order valence-electron chi connectivity index (χ0n) is 10.9. The van der Waals surface area contributed by atoms with Crippen molar-refractivity contribution < 1.29 is 9.84 Å². The van der Waals surface area contributed by atoms with Crippen molar-refractivity contribution in [3.8, 4) is 11.5 Å². The van der Waals surface area contributed by atoms with Crippen LogP contribution in [0.4, 0.5) is 0 Å². The van der Waals surface area contributed by atoms with Crippen LogP contribution in [-0.4, -0.2) is 29.8 Å². The molecule has 1 rings (SSSR count). The van der Waals surface area contributed by atoms with Crippen LogP contribution in [0.3, 0.4) is 0 Å². The maximum Gasteiger partial charge on any atom is 0.160 e. The van der Waals surface area contributed by atoms with Crippen LogP contribution in [0.2, 0.25) is 0 Å². The monoisotopic (exact) mass is 255 g/mol. The molecule has 17 heavy (non-hydrogen) atoms. The number of rotatable bonds is 6. The standard InChI is InChI=1S/C13H21NO2S/c1-13(2,17-4)9-14-8-10-5-6-11(15)12(7-10)16-3/h5-7,14-15H,8-9H2,1-4H3. The van der Waals surface area contributed by atoms with Gasteiger partial charge in [-0.3, -0.25) is 0 Å². The van der Waals surface area contributed by atoms with Gasteiger partial charge in [-0.2, -0.15) is 11.8 Å². The summed E-state index contributed by atoms with van der Waals surface area (Å²) in [6.07, 6.45) is 2.12. The first-order chi connectivity index (χ1) is 7.98. The number of thioether (sulfide) groups is 1. The topological polar surface area (TPSA) is 41.5 Å². The van der Waals surface area contributed by atoms with Crippen LogP contribution in [0.15, 0.2) is 18.2 Å². The van der Waals surface area contributed by atoms with Gasteiger partial charge in [0, 0.05) is 17.8 Å². The number of ether oxygens (including phenoxy) is 1. The molecule has 1 aromatic carbocycles. The molecular formula is C13H21NO2S. The van der Waals surface area contributed by atoms with E-state index in [0.717, 1.165) is 18.7 Å². The van der Waals surface area contributed by atoms with Crippen LogP contribution in [0.1, 0.15) is 19.4 Å². The smallest absolute Gasteiger partial charge is 0.160 e. The molecule has 0 aliphatic rings. The zero-order valence-corrected chi connectivity index (χ0v) is 11.7. The lowest BCUT2D eigenvalue weighted by molar-refractivity contribution is 0.372. The number of hydrogen-bond donors (Lipinski definition) is 2. The molecule has 0 fully saturated rings. The third kappa shape index (κ3) is 4.48. The molecule has 0 aliphatic carbocycles. The molecular weight excluding hydrogens is 234 g/mol. The van der Waals surface area contributed by atoms with Gasteiger partial charge < -0.3 is 15.2 Å². The van der Waals surface area contributed by atoms with Gasteiger partial charge in [0.1, 0.15) is 0 Å². The fourth-order valence-electron chi connectivity index (χ4n) is 1.41. The molecule has 0 atom stereocenters. The molecule has 2 N–H and O–H groups in total. The van der Waals surface area contributed by atoms with Crippen molar-refractivity contribution in [2.24, 2.45) is 0 Å². The Morgan fingerprint density at radius 2 is 2.12 bits per heavy atom. The highest BCUT2D eigenvalue weighted by Crippen LogP contribution is 2.26. The van der Waals surface area contributed by atoms with Gasteiger partial charge in [-0.1, -0.05) is 6.07 Å². The predicted octanol–water partition coefficient (Wildman–Crippen LogP) is 2.63. The Kier molecular flexibility index (Phi) is 5.15. The lowest BCUT2D eigenvalue weighted by Gasteiger charge is -2.22. The second-order valence-electron chi connectivity index (χ2n) is 4.57. The van der Waals surface area contributed by atoms with Crippen molar-refractivity contribution in [3.05, 3.63) is 23.8 Å². The van der Waals surface area contributed by atoms with Crippen molar-refractivity contribution >= 4 is 11.8 Å². The third-order valence-electron chi connectivity index (χ3n) is 2.68. The summed E-state index contributed by atoms with van der Waals surface area (Å²) in [4.78, 5) is 0. The SMILES string of the molecule is COc1cc(CNCC(C)(C)SC)ccc1O. The summed E-state index contributed by atoms with van der Waals surface area (Å²) in [5.41, 5.74) is 1.11. The minimum atomic E-state index is 0.181. The van der Waals surface area contributed by atoms with Crippen molar-refractivity contribution in [2.45, 2.75) is 25.1 Å². The first-order valence-electron chi connectivity index (χ1n) is 5.60. The summed E-state index contributed by atoms with van der Waals surface area (Å²) in [5.74, 6) is 0.703. The van der Waals surface area contributed by atoms with E-state index in [2.05, 4.69) is 25.4 Å². The van der Waals surface area contributed by atoms with Gasteiger partial charge in [-0.15, -0.1) is 0 Å². The van der Waals surface area contributed by atoms with Crippen LogP contribution < -0.4 is 10.1 Å². The number of phenolic OH excluding ortho intramolecular Hbond substituents is 1. The highest BCUT2D eigenvalue weighted by atomic mass is 32.2. The number of aromatic hydroxyl groups is 1.